The van der Waals surface area contributed by atoms with E-state index < -0.39 is 29.6 Å². The lowest BCUT2D eigenvalue weighted by Crippen LogP contribution is -2.32. The molecule has 2 aromatic carbocycles. The Labute approximate surface area is 205 Å². The second-order valence-corrected chi connectivity index (χ2v) is 9.28. The van der Waals surface area contributed by atoms with Gasteiger partial charge in [-0.3, -0.25) is 19.3 Å². The number of hydrogen-bond acceptors (Lipinski definition) is 6. The van der Waals surface area contributed by atoms with Crippen molar-refractivity contribution in [1.82, 2.24) is 4.98 Å². The maximum atomic E-state index is 13.2. The monoisotopic (exact) mass is 500 g/mol. The fraction of sp³-hybridized carbons (Fsp3) is 0.280. The standard InChI is InChI=1S/C25H22ClFN2O4S/c1-15-2-4-16(5-3-15)20-14-34-25(28-20)29-13-18(12-22(29)30)24(32)33-21(10-11-26)23(31)17-6-8-19(27)9-7-17/h2-9,14,18,21H,10-13H2,1H3/t18-,21+/m1/s1. The van der Waals surface area contributed by atoms with Gasteiger partial charge in [-0.15, -0.1) is 22.9 Å². The Kier molecular flexibility index (Phi) is 7.38. The van der Waals surface area contributed by atoms with Crippen molar-refractivity contribution < 1.29 is 23.5 Å². The molecule has 1 aliphatic heterocycles. The summed E-state index contributed by atoms with van der Waals surface area (Å²) in [5.41, 5.74) is 3.06. The number of esters is 1. The van der Waals surface area contributed by atoms with Gasteiger partial charge < -0.3 is 4.74 Å². The molecule has 0 saturated carbocycles. The molecule has 0 radical (unpaired) electrons. The second kappa shape index (κ2) is 10.4. The number of hydrogen-bond donors (Lipinski definition) is 0. The van der Waals surface area contributed by atoms with Crippen molar-refractivity contribution in [1.29, 1.82) is 0 Å². The molecule has 3 aromatic rings. The summed E-state index contributed by atoms with van der Waals surface area (Å²) in [6.45, 7) is 2.13. The summed E-state index contributed by atoms with van der Waals surface area (Å²) in [5, 5.41) is 2.38. The first-order valence-corrected chi connectivity index (χ1v) is 12.2. The van der Waals surface area contributed by atoms with Gasteiger partial charge >= 0.3 is 5.97 Å². The summed E-state index contributed by atoms with van der Waals surface area (Å²) in [6.07, 6.45) is -1.02. The SMILES string of the molecule is Cc1ccc(-c2csc(N3C[C@H](C(=O)O[C@@H](CCCl)C(=O)c4ccc(F)cc4)CC3=O)n2)cc1. The number of ether oxygens (including phenoxy) is 1. The van der Waals surface area contributed by atoms with Crippen molar-refractivity contribution in [3.63, 3.8) is 0 Å². The van der Waals surface area contributed by atoms with Crippen LogP contribution in [0.1, 0.15) is 28.8 Å². The van der Waals surface area contributed by atoms with Gasteiger partial charge in [0.1, 0.15) is 5.82 Å². The number of Topliss-reactive ketones (excluding diaryl/α,β-unsaturated/α-hetero) is 1. The molecule has 0 unspecified atom stereocenters. The van der Waals surface area contributed by atoms with Crippen LogP contribution in [0.15, 0.2) is 53.9 Å². The summed E-state index contributed by atoms with van der Waals surface area (Å²) in [4.78, 5) is 44.3. The average molecular weight is 501 g/mol. The number of amides is 1. The number of ketones is 1. The number of thiazole rings is 1. The molecule has 0 N–H and O–H groups in total. The highest BCUT2D eigenvalue weighted by Crippen LogP contribution is 2.32. The molecule has 1 saturated heterocycles. The van der Waals surface area contributed by atoms with Crippen LogP contribution in [0.5, 0.6) is 0 Å². The number of carbonyl (C=O) groups is 3. The predicted octanol–water partition coefficient (Wildman–Crippen LogP) is 5.03. The molecular weight excluding hydrogens is 479 g/mol. The van der Waals surface area contributed by atoms with Crippen LogP contribution < -0.4 is 4.90 Å². The molecule has 0 bridgehead atoms. The number of aromatic nitrogens is 1. The van der Waals surface area contributed by atoms with Crippen molar-refractivity contribution in [2.45, 2.75) is 25.9 Å². The van der Waals surface area contributed by atoms with Crippen molar-refractivity contribution in [3.8, 4) is 11.3 Å². The number of alkyl halides is 1. The Morgan fingerprint density at radius 3 is 2.59 bits per heavy atom. The topological polar surface area (TPSA) is 76.6 Å². The quantitative estimate of drug-likeness (QED) is 0.246. The summed E-state index contributed by atoms with van der Waals surface area (Å²) in [7, 11) is 0. The van der Waals surface area contributed by atoms with E-state index in [9.17, 15) is 18.8 Å². The van der Waals surface area contributed by atoms with Crippen LogP contribution in [0.3, 0.4) is 0 Å². The number of anilines is 1. The number of halogens is 2. The summed E-state index contributed by atoms with van der Waals surface area (Å²) >= 11 is 7.14. The van der Waals surface area contributed by atoms with Crippen molar-refractivity contribution in [2.24, 2.45) is 5.92 Å². The smallest absolute Gasteiger partial charge is 0.312 e. The van der Waals surface area contributed by atoms with Gasteiger partial charge in [-0.25, -0.2) is 9.37 Å². The predicted molar refractivity (Wildman–Crippen MR) is 129 cm³/mol. The van der Waals surface area contributed by atoms with Gasteiger partial charge in [-0.1, -0.05) is 29.8 Å². The van der Waals surface area contributed by atoms with Crippen LogP contribution in [0, 0.1) is 18.7 Å². The van der Waals surface area contributed by atoms with Crippen LogP contribution in [0.25, 0.3) is 11.3 Å². The highest BCUT2D eigenvalue weighted by Gasteiger charge is 2.39. The molecule has 1 aliphatic rings. The minimum atomic E-state index is -1.10. The molecule has 9 heteroatoms. The molecule has 0 aliphatic carbocycles. The third-order valence-electron chi connectivity index (χ3n) is 5.58. The lowest BCUT2D eigenvalue weighted by molar-refractivity contribution is -0.151. The molecular formula is C25H22ClFN2O4S. The van der Waals surface area contributed by atoms with E-state index in [1.165, 1.54) is 40.5 Å². The highest BCUT2D eigenvalue weighted by molar-refractivity contribution is 7.14. The summed E-state index contributed by atoms with van der Waals surface area (Å²) < 4.78 is 18.7. The maximum absolute atomic E-state index is 13.2. The van der Waals surface area contributed by atoms with Gasteiger partial charge in [-0.05, 0) is 31.2 Å². The minimum Gasteiger partial charge on any atom is -0.454 e. The number of aryl methyl sites for hydroxylation is 1. The Hall–Kier alpha value is -3.10. The van der Waals surface area contributed by atoms with Gasteiger partial charge in [0.05, 0.1) is 11.6 Å². The molecule has 1 aromatic heterocycles. The average Bonchev–Trinajstić information content (AvgIpc) is 3.46. The summed E-state index contributed by atoms with van der Waals surface area (Å²) in [6, 6.07) is 12.9. The van der Waals surface area contributed by atoms with E-state index in [0.717, 1.165) is 16.8 Å². The van der Waals surface area contributed by atoms with Crippen LogP contribution in [-0.4, -0.2) is 41.2 Å². The van der Waals surface area contributed by atoms with E-state index in [0.29, 0.717) is 5.13 Å². The van der Waals surface area contributed by atoms with Crippen LogP contribution >= 0.6 is 22.9 Å². The molecule has 2 atom stereocenters. The third kappa shape index (κ3) is 5.34. The van der Waals surface area contributed by atoms with Crippen LogP contribution in [0.2, 0.25) is 0 Å². The second-order valence-electron chi connectivity index (χ2n) is 8.06. The zero-order chi connectivity index (χ0) is 24.2. The molecule has 0 spiro atoms. The van der Waals surface area contributed by atoms with Crippen molar-refractivity contribution in [3.05, 3.63) is 70.9 Å². The molecule has 1 fully saturated rings. The van der Waals surface area contributed by atoms with E-state index in [-0.39, 0.29) is 36.7 Å². The molecule has 176 valence electrons. The molecule has 1 amide bonds. The third-order valence-corrected chi connectivity index (χ3v) is 6.66. The Bertz CT molecular complexity index is 1200. The van der Waals surface area contributed by atoms with E-state index in [1.807, 2.05) is 36.6 Å². The van der Waals surface area contributed by atoms with E-state index in [1.54, 1.807) is 0 Å². The minimum absolute atomic E-state index is 0.0311. The maximum Gasteiger partial charge on any atom is 0.312 e. The van der Waals surface area contributed by atoms with Gasteiger partial charge in [0.25, 0.3) is 0 Å². The van der Waals surface area contributed by atoms with Gasteiger partial charge in [0.2, 0.25) is 11.7 Å². The van der Waals surface area contributed by atoms with Crippen molar-refractivity contribution in [2.75, 3.05) is 17.3 Å². The van der Waals surface area contributed by atoms with Gasteiger partial charge in [0, 0.05) is 41.8 Å². The lowest BCUT2D eigenvalue weighted by atomic mass is 10.0. The fourth-order valence-electron chi connectivity index (χ4n) is 3.67. The molecule has 6 nitrogen and oxygen atoms in total. The molecule has 2 heterocycles. The highest BCUT2D eigenvalue weighted by atomic mass is 35.5. The number of rotatable bonds is 8. The summed E-state index contributed by atoms with van der Waals surface area (Å²) in [5.74, 6) is -2.43. The first-order chi connectivity index (χ1) is 16.4. The normalized spacial score (nSPS) is 16.5. The van der Waals surface area contributed by atoms with Crippen LogP contribution in [-0.2, 0) is 14.3 Å². The first kappa shape index (κ1) is 24.0. The van der Waals surface area contributed by atoms with E-state index >= 15 is 0 Å². The Balaban J connectivity index is 1.43. The van der Waals surface area contributed by atoms with E-state index in [2.05, 4.69) is 4.98 Å². The number of carbonyl (C=O) groups excluding carboxylic acids is 3. The molecule has 4 rings (SSSR count). The lowest BCUT2D eigenvalue weighted by Gasteiger charge is -2.18. The Morgan fingerprint density at radius 2 is 1.91 bits per heavy atom. The van der Waals surface area contributed by atoms with E-state index in [4.69, 9.17) is 16.3 Å². The largest absolute Gasteiger partial charge is 0.454 e. The fourth-order valence-corrected chi connectivity index (χ4v) is 4.73. The zero-order valence-corrected chi connectivity index (χ0v) is 19.9. The van der Waals surface area contributed by atoms with Gasteiger partial charge in [-0.2, -0.15) is 0 Å². The zero-order valence-electron chi connectivity index (χ0n) is 18.4. The van der Waals surface area contributed by atoms with Crippen molar-refractivity contribution >= 4 is 45.7 Å². The van der Waals surface area contributed by atoms with Crippen LogP contribution in [0.4, 0.5) is 9.52 Å². The number of nitrogens with zero attached hydrogens (tertiary/aromatic N) is 2. The first-order valence-electron chi connectivity index (χ1n) is 10.7. The Morgan fingerprint density at radius 1 is 1.21 bits per heavy atom. The van der Waals surface area contributed by atoms with Gasteiger partial charge in [0.15, 0.2) is 11.2 Å². The molecule has 34 heavy (non-hydrogen) atoms. The number of benzene rings is 2.